The Morgan fingerprint density at radius 1 is 1.00 bits per heavy atom. The van der Waals surface area contributed by atoms with E-state index < -0.39 is 11.6 Å². The summed E-state index contributed by atoms with van der Waals surface area (Å²) < 4.78 is 26.5. The molecule has 0 saturated heterocycles. The van der Waals surface area contributed by atoms with Crippen molar-refractivity contribution in [1.82, 2.24) is 0 Å². The van der Waals surface area contributed by atoms with Gasteiger partial charge in [-0.1, -0.05) is 23.6 Å². The molecular weight excluding hydrogens is 242 g/mol. The first-order valence-corrected chi connectivity index (χ1v) is 5.20. The van der Waals surface area contributed by atoms with Crippen LogP contribution in [0.4, 0.5) is 8.78 Å². The zero-order valence-electron chi connectivity index (χ0n) is 8.68. The average Bonchev–Trinajstić information content (AvgIpc) is 2.32. The molecule has 0 amide bonds. The maximum Gasteiger partial charge on any atom is 0.142 e. The molecule has 0 heterocycles. The van der Waals surface area contributed by atoms with Crippen LogP contribution >= 0.6 is 11.6 Å². The van der Waals surface area contributed by atoms with Crippen LogP contribution in [0, 0.1) is 24.0 Å². The topological polar surface area (TPSA) is 0 Å². The lowest BCUT2D eigenvalue weighted by Gasteiger charge is -2.04. The molecule has 0 fully saturated rings. The molecule has 0 aromatic heterocycles. The fraction of sp³-hybridized carbons (Fsp3) is 0. The molecular formula is C14H7ClF2. The van der Waals surface area contributed by atoms with Crippen LogP contribution in [0.2, 0.25) is 5.02 Å². The zero-order chi connectivity index (χ0) is 12.4. The predicted molar refractivity (Wildman–Crippen MR) is 64.7 cm³/mol. The van der Waals surface area contributed by atoms with E-state index in [1.807, 2.05) is 0 Å². The maximum atomic E-state index is 13.3. The fourth-order valence-corrected chi connectivity index (χ4v) is 1.63. The summed E-state index contributed by atoms with van der Waals surface area (Å²) in [7, 11) is 0. The van der Waals surface area contributed by atoms with Gasteiger partial charge in [-0.05, 0) is 41.5 Å². The van der Waals surface area contributed by atoms with Crippen molar-refractivity contribution in [1.29, 1.82) is 0 Å². The Morgan fingerprint density at radius 2 is 1.76 bits per heavy atom. The van der Waals surface area contributed by atoms with Gasteiger partial charge in [-0.3, -0.25) is 0 Å². The largest absolute Gasteiger partial charge is 0.207 e. The van der Waals surface area contributed by atoms with Crippen LogP contribution in [0.1, 0.15) is 5.56 Å². The van der Waals surface area contributed by atoms with Crippen molar-refractivity contribution in [3.63, 3.8) is 0 Å². The quantitative estimate of drug-likeness (QED) is 0.662. The second kappa shape index (κ2) is 4.57. The Kier molecular flexibility index (Phi) is 3.12. The van der Waals surface area contributed by atoms with Crippen molar-refractivity contribution in [2.45, 2.75) is 0 Å². The summed E-state index contributed by atoms with van der Waals surface area (Å²) in [6.07, 6.45) is 5.21. The van der Waals surface area contributed by atoms with Crippen molar-refractivity contribution < 1.29 is 8.78 Å². The van der Waals surface area contributed by atoms with Crippen LogP contribution < -0.4 is 0 Å². The van der Waals surface area contributed by atoms with Gasteiger partial charge >= 0.3 is 0 Å². The highest BCUT2D eigenvalue weighted by molar-refractivity contribution is 6.30. The Hall–Kier alpha value is -1.85. The van der Waals surface area contributed by atoms with Gasteiger partial charge in [0.05, 0.1) is 5.02 Å². The summed E-state index contributed by atoms with van der Waals surface area (Å²) in [5.41, 5.74) is 1.46. The lowest BCUT2D eigenvalue weighted by atomic mass is 10.0. The number of hydrogen-bond donors (Lipinski definition) is 0. The summed E-state index contributed by atoms with van der Waals surface area (Å²) in [5.74, 6) is 1.35. The standard InChI is InChI=1S/C14H7ClF2/c1-2-9-5-11(7-12(16)6-9)10-3-4-13(15)14(17)8-10/h1,3-8H. The van der Waals surface area contributed by atoms with Gasteiger partial charge in [-0.15, -0.1) is 6.42 Å². The van der Waals surface area contributed by atoms with E-state index in [9.17, 15) is 8.78 Å². The monoisotopic (exact) mass is 248 g/mol. The third-order valence-electron chi connectivity index (χ3n) is 2.32. The molecule has 0 saturated carbocycles. The number of benzene rings is 2. The fourth-order valence-electron chi connectivity index (χ4n) is 1.52. The first-order chi connectivity index (χ1) is 8.10. The molecule has 0 radical (unpaired) electrons. The van der Waals surface area contributed by atoms with Gasteiger partial charge in [0.2, 0.25) is 0 Å². The zero-order valence-corrected chi connectivity index (χ0v) is 9.43. The molecule has 0 aliphatic carbocycles. The van der Waals surface area contributed by atoms with Crippen LogP contribution in [-0.4, -0.2) is 0 Å². The van der Waals surface area contributed by atoms with Crippen molar-refractivity contribution in [2.24, 2.45) is 0 Å². The second-order valence-corrected chi connectivity index (χ2v) is 3.91. The Labute approximate surface area is 103 Å². The molecule has 0 aliphatic rings. The van der Waals surface area contributed by atoms with E-state index in [2.05, 4.69) is 5.92 Å². The van der Waals surface area contributed by atoms with E-state index in [0.29, 0.717) is 16.7 Å². The third kappa shape index (κ3) is 2.46. The molecule has 0 N–H and O–H groups in total. The van der Waals surface area contributed by atoms with E-state index in [1.54, 1.807) is 12.1 Å². The van der Waals surface area contributed by atoms with Gasteiger partial charge in [0.1, 0.15) is 11.6 Å². The van der Waals surface area contributed by atoms with Crippen molar-refractivity contribution in [2.75, 3.05) is 0 Å². The number of halogens is 3. The summed E-state index contributed by atoms with van der Waals surface area (Å²) >= 11 is 5.58. The SMILES string of the molecule is C#Cc1cc(F)cc(-c2ccc(Cl)c(F)c2)c1. The first kappa shape index (κ1) is 11.6. The maximum absolute atomic E-state index is 13.3. The van der Waals surface area contributed by atoms with E-state index >= 15 is 0 Å². The molecule has 2 rings (SSSR count). The van der Waals surface area contributed by atoms with Gasteiger partial charge in [0, 0.05) is 5.56 Å². The molecule has 0 nitrogen and oxygen atoms in total. The third-order valence-corrected chi connectivity index (χ3v) is 2.62. The molecule has 0 spiro atoms. The molecule has 84 valence electrons. The molecule has 2 aromatic carbocycles. The van der Waals surface area contributed by atoms with Gasteiger partial charge in [0.15, 0.2) is 0 Å². The summed E-state index contributed by atoms with van der Waals surface area (Å²) in [5, 5.41) is 0.0299. The highest BCUT2D eigenvalue weighted by Crippen LogP contribution is 2.25. The highest BCUT2D eigenvalue weighted by Gasteiger charge is 2.05. The van der Waals surface area contributed by atoms with Gasteiger partial charge < -0.3 is 0 Å². The van der Waals surface area contributed by atoms with Crippen molar-refractivity contribution in [3.8, 4) is 23.5 Å². The van der Waals surface area contributed by atoms with Crippen molar-refractivity contribution >= 4 is 11.6 Å². The summed E-state index contributed by atoms with van der Waals surface area (Å²) in [6.45, 7) is 0. The van der Waals surface area contributed by atoms with E-state index in [1.165, 1.54) is 24.3 Å². The van der Waals surface area contributed by atoms with E-state index in [-0.39, 0.29) is 5.02 Å². The number of rotatable bonds is 1. The normalized spacial score (nSPS) is 10.0. The van der Waals surface area contributed by atoms with Gasteiger partial charge in [-0.2, -0.15) is 0 Å². The number of terminal acetylenes is 1. The Morgan fingerprint density at radius 3 is 2.41 bits per heavy atom. The van der Waals surface area contributed by atoms with Crippen LogP contribution in [-0.2, 0) is 0 Å². The molecule has 0 unspecified atom stereocenters. The lowest BCUT2D eigenvalue weighted by Crippen LogP contribution is -1.86. The lowest BCUT2D eigenvalue weighted by molar-refractivity contribution is 0.626. The molecule has 0 atom stereocenters. The Bertz CT molecular complexity index is 612. The minimum Gasteiger partial charge on any atom is -0.207 e. The molecule has 0 bridgehead atoms. The van der Waals surface area contributed by atoms with Crippen LogP contribution in [0.3, 0.4) is 0 Å². The summed E-state index contributed by atoms with van der Waals surface area (Å²) in [6, 6.07) is 8.44. The van der Waals surface area contributed by atoms with Crippen LogP contribution in [0.5, 0.6) is 0 Å². The predicted octanol–water partition coefficient (Wildman–Crippen LogP) is 4.27. The Balaban J connectivity index is 2.56. The minimum atomic E-state index is -0.546. The smallest absolute Gasteiger partial charge is 0.142 e. The average molecular weight is 249 g/mol. The van der Waals surface area contributed by atoms with E-state index in [4.69, 9.17) is 18.0 Å². The second-order valence-electron chi connectivity index (χ2n) is 3.50. The number of hydrogen-bond acceptors (Lipinski definition) is 0. The first-order valence-electron chi connectivity index (χ1n) is 4.83. The molecule has 2 aromatic rings. The highest BCUT2D eigenvalue weighted by atomic mass is 35.5. The van der Waals surface area contributed by atoms with Gasteiger partial charge in [-0.25, -0.2) is 8.78 Å². The van der Waals surface area contributed by atoms with Crippen LogP contribution in [0.15, 0.2) is 36.4 Å². The minimum absolute atomic E-state index is 0.0299. The summed E-state index contributed by atoms with van der Waals surface area (Å²) in [4.78, 5) is 0. The van der Waals surface area contributed by atoms with Crippen LogP contribution in [0.25, 0.3) is 11.1 Å². The molecule has 17 heavy (non-hydrogen) atoms. The van der Waals surface area contributed by atoms with Gasteiger partial charge in [0.25, 0.3) is 0 Å². The van der Waals surface area contributed by atoms with E-state index in [0.717, 1.165) is 0 Å². The molecule has 0 aliphatic heterocycles. The van der Waals surface area contributed by atoms with Crippen molar-refractivity contribution in [3.05, 3.63) is 58.6 Å². The molecule has 3 heteroatoms.